The molecule has 18 heavy (non-hydrogen) atoms. The van der Waals surface area contributed by atoms with Crippen molar-refractivity contribution in [1.82, 2.24) is 5.32 Å². The van der Waals surface area contributed by atoms with Crippen molar-refractivity contribution in [1.29, 1.82) is 0 Å². The van der Waals surface area contributed by atoms with Crippen LogP contribution in [0.15, 0.2) is 30.3 Å². The van der Waals surface area contributed by atoms with E-state index >= 15 is 0 Å². The first-order valence-corrected chi connectivity index (χ1v) is 5.88. The number of hydrogen-bond acceptors (Lipinski definition) is 3. The second kappa shape index (κ2) is 6.76. The molecule has 4 N–H and O–H groups in total. The van der Waals surface area contributed by atoms with Crippen molar-refractivity contribution >= 4 is 11.9 Å². The van der Waals surface area contributed by atoms with E-state index in [-0.39, 0.29) is 12.5 Å². The number of carbonyl (C=O) groups is 2. The largest absolute Gasteiger partial charge is 0.480 e. The van der Waals surface area contributed by atoms with Crippen LogP contribution in [-0.2, 0) is 9.59 Å². The lowest BCUT2D eigenvalue weighted by molar-refractivity contribution is -0.142. The van der Waals surface area contributed by atoms with Crippen LogP contribution in [-0.4, -0.2) is 29.6 Å². The van der Waals surface area contributed by atoms with Crippen LogP contribution >= 0.6 is 0 Å². The minimum Gasteiger partial charge on any atom is -0.480 e. The third-order valence-corrected chi connectivity index (χ3v) is 2.78. The van der Waals surface area contributed by atoms with Crippen molar-refractivity contribution < 1.29 is 14.7 Å². The normalized spacial score (nSPS) is 13.7. The Morgan fingerprint density at radius 3 is 2.39 bits per heavy atom. The van der Waals surface area contributed by atoms with Crippen molar-refractivity contribution in [2.45, 2.75) is 25.3 Å². The molecule has 0 saturated heterocycles. The molecule has 0 saturated carbocycles. The molecule has 2 atom stereocenters. The quantitative estimate of drug-likeness (QED) is 0.693. The number of benzene rings is 1. The Balaban J connectivity index is 2.78. The van der Waals surface area contributed by atoms with E-state index in [0.29, 0.717) is 6.42 Å². The molecule has 1 aromatic carbocycles. The van der Waals surface area contributed by atoms with E-state index in [4.69, 9.17) is 10.8 Å². The second-order valence-electron chi connectivity index (χ2n) is 4.01. The molecular weight excluding hydrogens is 232 g/mol. The standard InChI is InChI=1S/C13H18N2O3/c1-2-11(13(17)18)15-12(16)10(8-14)9-6-4-3-5-7-9/h3-7,10-11H,2,8,14H2,1H3,(H,15,16)(H,17,18)/t10?,11-/m1/s1. The first kappa shape index (κ1) is 14.2. The van der Waals surface area contributed by atoms with Crippen LogP contribution in [0.25, 0.3) is 0 Å². The van der Waals surface area contributed by atoms with Crippen LogP contribution in [0.2, 0.25) is 0 Å². The molecule has 0 aromatic heterocycles. The molecule has 0 aliphatic heterocycles. The number of rotatable bonds is 6. The minimum atomic E-state index is -1.03. The number of nitrogens with one attached hydrogen (secondary N) is 1. The van der Waals surface area contributed by atoms with Crippen molar-refractivity contribution in [2.24, 2.45) is 5.73 Å². The molecule has 1 rings (SSSR count). The van der Waals surface area contributed by atoms with Crippen LogP contribution in [0.1, 0.15) is 24.8 Å². The summed E-state index contributed by atoms with van der Waals surface area (Å²) in [5.74, 6) is -1.90. The van der Waals surface area contributed by atoms with E-state index in [9.17, 15) is 9.59 Å². The topological polar surface area (TPSA) is 92.4 Å². The van der Waals surface area contributed by atoms with Crippen molar-refractivity contribution in [2.75, 3.05) is 6.54 Å². The second-order valence-corrected chi connectivity index (χ2v) is 4.01. The molecule has 1 unspecified atom stereocenters. The predicted octanol–water partition coefficient (Wildman–Crippen LogP) is 0.708. The molecule has 0 aliphatic rings. The Morgan fingerprint density at radius 1 is 1.33 bits per heavy atom. The lowest BCUT2D eigenvalue weighted by Gasteiger charge is -2.18. The number of carbonyl (C=O) groups excluding carboxylic acids is 1. The molecule has 98 valence electrons. The molecule has 0 aliphatic carbocycles. The molecule has 5 heteroatoms. The Morgan fingerprint density at radius 2 is 1.94 bits per heavy atom. The van der Waals surface area contributed by atoms with Gasteiger partial charge in [0.1, 0.15) is 6.04 Å². The van der Waals surface area contributed by atoms with E-state index in [1.54, 1.807) is 19.1 Å². The minimum absolute atomic E-state index is 0.145. The van der Waals surface area contributed by atoms with Gasteiger partial charge >= 0.3 is 5.97 Å². The lowest BCUT2D eigenvalue weighted by Crippen LogP contribution is -2.44. The predicted molar refractivity (Wildman–Crippen MR) is 68.1 cm³/mol. The molecule has 1 amide bonds. The van der Waals surface area contributed by atoms with Gasteiger partial charge < -0.3 is 16.2 Å². The summed E-state index contributed by atoms with van der Waals surface area (Å²) < 4.78 is 0. The highest BCUT2D eigenvalue weighted by Crippen LogP contribution is 2.14. The molecule has 0 radical (unpaired) electrons. The zero-order valence-corrected chi connectivity index (χ0v) is 10.3. The van der Waals surface area contributed by atoms with Gasteiger partial charge in [-0.3, -0.25) is 4.79 Å². The Labute approximate surface area is 106 Å². The van der Waals surface area contributed by atoms with Gasteiger partial charge in [0.05, 0.1) is 5.92 Å². The maximum atomic E-state index is 12.0. The maximum Gasteiger partial charge on any atom is 0.326 e. The fourth-order valence-corrected chi connectivity index (χ4v) is 1.69. The summed E-state index contributed by atoms with van der Waals surface area (Å²) in [4.78, 5) is 22.9. The van der Waals surface area contributed by atoms with Crippen LogP contribution in [0.3, 0.4) is 0 Å². The molecular formula is C13H18N2O3. The van der Waals surface area contributed by atoms with Crippen LogP contribution in [0.5, 0.6) is 0 Å². The number of carboxylic acid groups (broad SMARTS) is 1. The van der Waals surface area contributed by atoms with E-state index < -0.39 is 17.9 Å². The van der Waals surface area contributed by atoms with Crippen LogP contribution < -0.4 is 11.1 Å². The fraction of sp³-hybridized carbons (Fsp3) is 0.385. The Kier molecular flexibility index (Phi) is 5.32. The van der Waals surface area contributed by atoms with Gasteiger partial charge in [-0.25, -0.2) is 4.79 Å². The van der Waals surface area contributed by atoms with Gasteiger partial charge in [-0.05, 0) is 12.0 Å². The number of amides is 1. The highest BCUT2D eigenvalue weighted by molar-refractivity contribution is 5.88. The van der Waals surface area contributed by atoms with E-state index in [2.05, 4.69) is 5.32 Å². The highest BCUT2D eigenvalue weighted by Gasteiger charge is 2.24. The first-order chi connectivity index (χ1) is 8.60. The van der Waals surface area contributed by atoms with Crippen molar-refractivity contribution in [3.05, 3.63) is 35.9 Å². The average molecular weight is 250 g/mol. The third-order valence-electron chi connectivity index (χ3n) is 2.78. The van der Waals surface area contributed by atoms with E-state index in [0.717, 1.165) is 5.56 Å². The summed E-state index contributed by atoms with van der Waals surface area (Å²) in [6.07, 6.45) is 0.340. The van der Waals surface area contributed by atoms with Gasteiger partial charge in [-0.1, -0.05) is 37.3 Å². The lowest BCUT2D eigenvalue weighted by atomic mass is 9.98. The van der Waals surface area contributed by atoms with Gasteiger partial charge in [0, 0.05) is 6.54 Å². The summed E-state index contributed by atoms with van der Waals surface area (Å²) >= 11 is 0. The van der Waals surface area contributed by atoms with E-state index in [1.165, 1.54) is 0 Å². The number of carboxylic acids is 1. The molecule has 0 heterocycles. The molecule has 0 fully saturated rings. The molecule has 5 nitrogen and oxygen atoms in total. The van der Waals surface area contributed by atoms with Gasteiger partial charge in [0.25, 0.3) is 0 Å². The maximum absolute atomic E-state index is 12.0. The highest BCUT2D eigenvalue weighted by atomic mass is 16.4. The average Bonchev–Trinajstić information content (AvgIpc) is 2.37. The summed E-state index contributed by atoms with van der Waals surface area (Å²) in [7, 11) is 0. The number of hydrogen-bond donors (Lipinski definition) is 3. The summed E-state index contributed by atoms with van der Waals surface area (Å²) in [5, 5.41) is 11.4. The van der Waals surface area contributed by atoms with Gasteiger partial charge in [0.15, 0.2) is 0 Å². The molecule has 1 aromatic rings. The zero-order chi connectivity index (χ0) is 13.5. The number of nitrogens with two attached hydrogens (primary N) is 1. The van der Waals surface area contributed by atoms with E-state index in [1.807, 2.05) is 18.2 Å². The Hall–Kier alpha value is -1.88. The third kappa shape index (κ3) is 3.56. The van der Waals surface area contributed by atoms with Crippen molar-refractivity contribution in [3.8, 4) is 0 Å². The van der Waals surface area contributed by atoms with Crippen LogP contribution in [0.4, 0.5) is 0 Å². The summed E-state index contributed by atoms with van der Waals surface area (Å²) in [6.45, 7) is 1.85. The molecule has 0 spiro atoms. The fourth-order valence-electron chi connectivity index (χ4n) is 1.69. The number of aliphatic carboxylic acids is 1. The monoisotopic (exact) mass is 250 g/mol. The summed E-state index contributed by atoms with van der Waals surface area (Å²) in [5.41, 5.74) is 6.38. The Bertz CT molecular complexity index is 406. The molecule has 0 bridgehead atoms. The van der Waals surface area contributed by atoms with Gasteiger partial charge in [-0.2, -0.15) is 0 Å². The van der Waals surface area contributed by atoms with Gasteiger partial charge in [0.2, 0.25) is 5.91 Å². The zero-order valence-electron chi connectivity index (χ0n) is 10.3. The first-order valence-electron chi connectivity index (χ1n) is 5.88. The SMILES string of the molecule is CC[C@@H](NC(=O)C(CN)c1ccccc1)C(=O)O. The van der Waals surface area contributed by atoms with Crippen molar-refractivity contribution in [3.63, 3.8) is 0 Å². The van der Waals surface area contributed by atoms with Crippen LogP contribution in [0, 0.1) is 0 Å². The summed E-state index contributed by atoms with van der Waals surface area (Å²) in [6, 6.07) is 8.23. The smallest absolute Gasteiger partial charge is 0.326 e. The van der Waals surface area contributed by atoms with Gasteiger partial charge in [-0.15, -0.1) is 0 Å².